The van der Waals surface area contributed by atoms with E-state index in [0.717, 1.165) is 17.3 Å². The summed E-state index contributed by atoms with van der Waals surface area (Å²) in [6.45, 7) is 0. The highest BCUT2D eigenvalue weighted by atomic mass is 33.1. The monoisotopic (exact) mass is 472 g/mol. The molecule has 0 radical (unpaired) electrons. The fourth-order valence-corrected chi connectivity index (χ4v) is 9.03. The van der Waals surface area contributed by atoms with Crippen LogP contribution in [0.3, 0.4) is 0 Å². The van der Waals surface area contributed by atoms with Gasteiger partial charge in [0.25, 0.3) is 0 Å². The number of hydrogen-bond acceptors (Lipinski definition) is 9. The van der Waals surface area contributed by atoms with Gasteiger partial charge in [0, 0.05) is 68.5 Å². The van der Waals surface area contributed by atoms with Crippen molar-refractivity contribution in [2.45, 2.75) is 5.25 Å². The average molecular weight is 473 g/mol. The van der Waals surface area contributed by atoms with E-state index in [4.69, 9.17) is 0 Å². The summed E-state index contributed by atoms with van der Waals surface area (Å²) in [7, 11) is 4.07. The largest absolute Gasteiger partial charge is 0.179 e. The molecule has 0 heterocycles. The third-order valence-electron chi connectivity index (χ3n) is 2.21. The lowest BCUT2D eigenvalue weighted by Gasteiger charge is -2.06. The molecule has 0 saturated carbocycles. The van der Waals surface area contributed by atoms with E-state index in [1.165, 1.54) is 51.8 Å². The molecule has 0 bridgehead atoms. The zero-order chi connectivity index (χ0) is 16.3. The summed E-state index contributed by atoms with van der Waals surface area (Å²) in [6, 6.07) is 0. The Morgan fingerprint density at radius 2 is 1.05 bits per heavy atom. The first-order valence-electron chi connectivity index (χ1n) is 7.26. The Kier molecular flexibility index (Phi) is 25.4. The van der Waals surface area contributed by atoms with Crippen LogP contribution in [0.1, 0.15) is 0 Å². The third-order valence-corrected chi connectivity index (χ3v) is 11.6. The zero-order valence-corrected chi connectivity index (χ0v) is 20.4. The minimum Gasteiger partial charge on any atom is -0.179 e. The van der Waals surface area contributed by atoms with Crippen molar-refractivity contribution in [3.63, 3.8) is 0 Å². The molecule has 0 aliphatic carbocycles. The number of rotatable bonds is 18. The van der Waals surface area contributed by atoms with Crippen LogP contribution in [0, 0.1) is 0 Å². The Hall–Kier alpha value is 3.15. The van der Waals surface area contributed by atoms with E-state index < -0.39 is 0 Å². The van der Waals surface area contributed by atoms with Gasteiger partial charge in [0.15, 0.2) is 0 Å². The fraction of sp³-hybridized carbons (Fsp3) is 1.00. The summed E-state index contributed by atoms with van der Waals surface area (Å²) in [5.74, 6) is 14.4. The van der Waals surface area contributed by atoms with E-state index >= 15 is 0 Å². The topological polar surface area (TPSA) is 0 Å². The highest BCUT2D eigenvalue weighted by Crippen LogP contribution is 2.24. The molecule has 0 N–H and O–H groups in total. The highest BCUT2D eigenvalue weighted by molar-refractivity contribution is 8.76. The van der Waals surface area contributed by atoms with E-state index in [-0.39, 0.29) is 0 Å². The second-order valence-electron chi connectivity index (χ2n) is 4.12. The van der Waals surface area contributed by atoms with Crippen molar-refractivity contribution >= 4 is 107 Å². The Balaban J connectivity index is 2.97. The van der Waals surface area contributed by atoms with Gasteiger partial charge in [-0.25, -0.2) is 0 Å². The van der Waals surface area contributed by atoms with Crippen LogP contribution in [-0.4, -0.2) is 74.3 Å². The SMILES string of the molecule is SCCSCCSCCSSCCSCCSCC(S)CS. The van der Waals surface area contributed by atoms with E-state index in [1.807, 2.05) is 45.1 Å². The van der Waals surface area contributed by atoms with Gasteiger partial charge in [0.1, 0.15) is 0 Å². The minimum atomic E-state index is 0.449. The Bertz CT molecular complexity index is 206. The first-order valence-corrected chi connectivity index (χ1v) is 16.1. The summed E-state index contributed by atoms with van der Waals surface area (Å²) in [5.41, 5.74) is 0. The van der Waals surface area contributed by atoms with Crippen LogP contribution in [0.5, 0.6) is 0 Å². The first kappa shape index (κ1) is 25.1. The van der Waals surface area contributed by atoms with Crippen molar-refractivity contribution in [3.8, 4) is 0 Å². The molecule has 22 heavy (non-hydrogen) atoms. The van der Waals surface area contributed by atoms with Crippen LogP contribution in [0.4, 0.5) is 0 Å². The van der Waals surface area contributed by atoms with Crippen LogP contribution in [0.15, 0.2) is 0 Å². The lowest BCUT2D eigenvalue weighted by molar-refractivity contribution is 1.16. The molecule has 0 spiro atoms. The minimum absolute atomic E-state index is 0.449. The van der Waals surface area contributed by atoms with Crippen LogP contribution >= 0.6 is 107 Å². The summed E-state index contributed by atoms with van der Waals surface area (Å²) in [5, 5.41) is 0.449. The van der Waals surface area contributed by atoms with Gasteiger partial charge in [-0.15, -0.1) is 0 Å². The number of thiol groups is 3. The standard InChI is InChI=1S/C13H28S9/c14-1-2-17-3-4-18-7-9-21-22-10-8-19-5-6-20-12-13(16)11-15/h13-16H,1-12H2. The molecular formula is C13H28S9. The smallest absolute Gasteiger partial charge is 0.0196 e. The number of hydrogen-bond donors (Lipinski definition) is 3. The molecule has 0 aromatic carbocycles. The Morgan fingerprint density at radius 3 is 1.55 bits per heavy atom. The Labute approximate surface area is 179 Å². The third kappa shape index (κ3) is 21.2. The lowest BCUT2D eigenvalue weighted by Crippen LogP contribution is -2.04. The van der Waals surface area contributed by atoms with Crippen molar-refractivity contribution in [2.75, 3.05) is 69.0 Å². The maximum atomic E-state index is 4.44. The van der Waals surface area contributed by atoms with Crippen molar-refractivity contribution < 1.29 is 0 Å². The summed E-state index contributed by atoms with van der Waals surface area (Å²) in [4.78, 5) is 0. The van der Waals surface area contributed by atoms with E-state index in [0.29, 0.717) is 5.25 Å². The molecule has 0 aromatic heterocycles. The molecule has 134 valence electrons. The van der Waals surface area contributed by atoms with Crippen LogP contribution < -0.4 is 0 Å². The lowest BCUT2D eigenvalue weighted by atomic mass is 10.6. The van der Waals surface area contributed by atoms with Crippen molar-refractivity contribution in [1.82, 2.24) is 0 Å². The molecule has 1 unspecified atom stereocenters. The molecule has 9 heteroatoms. The normalized spacial score (nSPS) is 12.7. The summed E-state index contributed by atoms with van der Waals surface area (Å²) < 4.78 is 0. The van der Waals surface area contributed by atoms with Crippen LogP contribution in [0.2, 0.25) is 0 Å². The van der Waals surface area contributed by atoms with Gasteiger partial charge in [-0.05, 0) is 5.75 Å². The zero-order valence-electron chi connectivity index (χ0n) is 12.9. The van der Waals surface area contributed by atoms with Gasteiger partial charge in [0.2, 0.25) is 0 Å². The molecule has 0 aromatic rings. The predicted molar refractivity (Wildman–Crippen MR) is 135 cm³/mol. The molecule has 0 amide bonds. The summed E-state index contributed by atoms with van der Waals surface area (Å²) in [6.07, 6.45) is 0. The molecule has 1 atom stereocenters. The first-order chi connectivity index (χ1) is 10.8. The summed E-state index contributed by atoms with van der Waals surface area (Å²) >= 11 is 21.1. The van der Waals surface area contributed by atoms with Crippen LogP contribution in [-0.2, 0) is 0 Å². The predicted octanol–water partition coefficient (Wildman–Crippen LogP) is 5.46. The van der Waals surface area contributed by atoms with Gasteiger partial charge in [-0.1, -0.05) is 21.6 Å². The van der Waals surface area contributed by atoms with Crippen LogP contribution in [0.25, 0.3) is 0 Å². The van der Waals surface area contributed by atoms with Crippen molar-refractivity contribution in [2.24, 2.45) is 0 Å². The van der Waals surface area contributed by atoms with Gasteiger partial charge in [0.05, 0.1) is 0 Å². The van der Waals surface area contributed by atoms with E-state index in [2.05, 4.69) is 61.4 Å². The van der Waals surface area contributed by atoms with Gasteiger partial charge < -0.3 is 0 Å². The fourth-order valence-electron chi connectivity index (χ4n) is 1.18. The van der Waals surface area contributed by atoms with Gasteiger partial charge in [-0.3, -0.25) is 0 Å². The highest BCUT2D eigenvalue weighted by Gasteiger charge is 1.99. The maximum Gasteiger partial charge on any atom is 0.0196 e. The molecule has 0 aliphatic rings. The molecule has 0 fully saturated rings. The molecule has 0 rings (SSSR count). The molecule has 0 nitrogen and oxygen atoms in total. The number of thioether (sulfide) groups is 4. The maximum absolute atomic E-state index is 4.44. The molecule has 0 aliphatic heterocycles. The van der Waals surface area contributed by atoms with Gasteiger partial charge in [-0.2, -0.15) is 84.9 Å². The van der Waals surface area contributed by atoms with E-state index in [9.17, 15) is 0 Å². The molecular weight excluding hydrogens is 445 g/mol. The quantitative estimate of drug-likeness (QED) is 0.137. The second-order valence-corrected chi connectivity index (χ2v) is 13.2. The van der Waals surface area contributed by atoms with Crippen molar-refractivity contribution in [1.29, 1.82) is 0 Å². The average Bonchev–Trinajstić information content (AvgIpc) is 2.54. The van der Waals surface area contributed by atoms with E-state index in [1.54, 1.807) is 0 Å². The van der Waals surface area contributed by atoms with Crippen molar-refractivity contribution in [3.05, 3.63) is 0 Å². The second kappa shape index (κ2) is 22.2. The van der Waals surface area contributed by atoms with Gasteiger partial charge >= 0.3 is 0 Å². The Morgan fingerprint density at radius 1 is 0.591 bits per heavy atom. The molecule has 0 saturated heterocycles.